The zero-order valence-corrected chi connectivity index (χ0v) is 10.2. The predicted octanol–water partition coefficient (Wildman–Crippen LogP) is 0.0282. The highest BCUT2D eigenvalue weighted by Crippen LogP contribution is 2.18. The van der Waals surface area contributed by atoms with Gasteiger partial charge in [0, 0.05) is 18.3 Å². The Kier molecular flexibility index (Phi) is 4.02. The van der Waals surface area contributed by atoms with E-state index in [-0.39, 0.29) is 0 Å². The maximum atomic E-state index is 5.41. The van der Waals surface area contributed by atoms with Gasteiger partial charge >= 0.3 is 0 Å². The second kappa shape index (κ2) is 5.92. The monoisotopic (exact) mass is 248 g/mol. The average Bonchev–Trinajstić information content (AvgIpc) is 2.91. The topological polar surface area (TPSA) is 107 Å². The molecule has 8 heteroatoms. The van der Waals surface area contributed by atoms with Crippen molar-refractivity contribution in [3.63, 3.8) is 0 Å². The van der Waals surface area contributed by atoms with Crippen LogP contribution >= 0.6 is 0 Å². The van der Waals surface area contributed by atoms with Gasteiger partial charge in [0.05, 0.1) is 12.7 Å². The van der Waals surface area contributed by atoms with Crippen LogP contribution in [0.25, 0.3) is 0 Å². The summed E-state index contributed by atoms with van der Waals surface area (Å²) in [6.07, 6.45) is 5.74. The number of hydrazine groups is 1. The van der Waals surface area contributed by atoms with Gasteiger partial charge in [-0.15, -0.1) is 5.10 Å². The second-order valence-electron chi connectivity index (χ2n) is 3.64. The number of anilines is 2. The summed E-state index contributed by atoms with van der Waals surface area (Å²) in [4.78, 5) is 8.29. The molecule has 0 saturated carbocycles. The molecule has 0 unspecified atom stereocenters. The van der Waals surface area contributed by atoms with E-state index in [0.717, 1.165) is 24.3 Å². The molecule has 0 radical (unpaired) electrons. The first-order valence-electron chi connectivity index (χ1n) is 5.73. The molecule has 2 aromatic rings. The van der Waals surface area contributed by atoms with Crippen molar-refractivity contribution in [3.8, 4) is 0 Å². The van der Waals surface area contributed by atoms with Crippen molar-refractivity contribution < 1.29 is 0 Å². The van der Waals surface area contributed by atoms with Gasteiger partial charge in [0.15, 0.2) is 0 Å². The summed E-state index contributed by atoms with van der Waals surface area (Å²) in [5.41, 5.74) is 3.54. The standard InChI is InChI=1S/C10H16N8/c1-2-8-9(13-7-14-10(8)16-11)12-3-5-18-6-4-15-17-18/h4,6-7H,2-3,5,11H2,1H3,(H2,12,13,14,16). The van der Waals surface area contributed by atoms with Crippen molar-refractivity contribution >= 4 is 11.6 Å². The third kappa shape index (κ3) is 2.72. The molecular weight excluding hydrogens is 232 g/mol. The van der Waals surface area contributed by atoms with Gasteiger partial charge in [-0.3, -0.25) is 4.68 Å². The Morgan fingerprint density at radius 1 is 1.33 bits per heavy atom. The van der Waals surface area contributed by atoms with E-state index in [1.165, 1.54) is 6.33 Å². The van der Waals surface area contributed by atoms with Gasteiger partial charge in [-0.2, -0.15) is 0 Å². The molecule has 18 heavy (non-hydrogen) atoms. The summed E-state index contributed by atoms with van der Waals surface area (Å²) >= 11 is 0. The van der Waals surface area contributed by atoms with Crippen molar-refractivity contribution in [2.75, 3.05) is 17.3 Å². The Morgan fingerprint density at radius 2 is 2.17 bits per heavy atom. The quantitative estimate of drug-likeness (QED) is 0.489. The molecule has 0 saturated heterocycles. The number of hydrogen-bond donors (Lipinski definition) is 3. The van der Waals surface area contributed by atoms with E-state index >= 15 is 0 Å². The fraction of sp³-hybridized carbons (Fsp3) is 0.400. The Bertz CT molecular complexity index is 481. The first kappa shape index (κ1) is 12.2. The molecule has 2 heterocycles. The maximum Gasteiger partial charge on any atom is 0.148 e. The summed E-state index contributed by atoms with van der Waals surface area (Å²) in [5, 5.41) is 10.9. The molecule has 0 aliphatic carbocycles. The molecule has 0 atom stereocenters. The van der Waals surface area contributed by atoms with Gasteiger partial charge < -0.3 is 10.7 Å². The minimum absolute atomic E-state index is 0.649. The first-order valence-corrected chi connectivity index (χ1v) is 5.73. The average molecular weight is 248 g/mol. The summed E-state index contributed by atoms with van der Waals surface area (Å²) in [6, 6.07) is 0. The summed E-state index contributed by atoms with van der Waals surface area (Å²) in [6.45, 7) is 3.46. The number of rotatable bonds is 6. The molecule has 0 spiro atoms. The molecular formula is C10H16N8. The number of aromatic nitrogens is 5. The fourth-order valence-corrected chi connectivity index (χ4v) is 1.66. The number of nitrogens with one attached hydrogen (secondary N) is 2. The van der Waals surface area contributed by atoms with Crippen LogP contribution in [0.4, 0.5) is 11.6 Å². The Hall–Kier alpha value is -2.22. The van der Waals surface area contributed by atoms with Crippen LogP contribution in [0.5, 0.6) is 0 Å². The number of nitrogens with zero attached hydrogens (tertiary/aromatic N) is 5. The van der Waals surface area contributed by atoms with Crippen molar-refractivity contribution in [2.24, 2.45) is 5.84 Å². The zero-order valence-electron chi connectivity index (χ0n) is 10.2. The lowest BCUT2D eigenvalue weighted by atomic mass is 10.2. The van der Waals surface area contributed by atoms with E-state index in [4.69, 9.17) is 5.84 Å². The molecule has 2 aromatic heterocycles. The normalized spacial score (nSPS) is 10.3. The summed E-state index contributed by atoms with van der Waals surface area (Å²) in [7, 11) is 0. The van der Waals surface area contributed by atoms with E-state index in [9.17, 15) is 0 Å². The van der Waals surface area contributed by atoms with Gasteiger partial charge in [-0.25, -0.2) is 15.8 Å². The second-order valence-corrected chi connectivity index (χ2v) is 3.64. The Balaban J connectivity index is 2.00. The molecule has 0 aliphatic heterocycles. The molecule has 2 rings (SSSR count). The first-order chi connectivity index (χ1) is 8.85. The highest BCUT2D eigenvalue weighted by Gasteiger charge is 2.08. The number of nitrogens with two attached hydrogens (primary N) is 1. The lowest BCUT2D eigenvalue weighted by Crippen LogP contribution is -2.16. The minimum atomic E-state index is 0.649. The van der Waals surface area contributed by atoms with E-state index in [1.807, 2.05) is 13.1 Å². The van der Waals surface area contributed by atoms with Crippen LogP contribution in [0.1, 0.15) is 12.5 Å². The lowest BCUT2D eigenvalue weighted by molar-refractivity contribution is 0.608. The fourth-order valence-electron chi connectivity index (χ4n) is 1.66. The third-order valence-electron chi connectivity index (χ3n) is 2.54. The maximum absolute atomic E-state index is 5.41. The van der Waals surface area contributed by atoms with Crippen molar-refractivity contribution in [1.82, 2.24) is 25.0 Å². The molecule has 0 fully saturated rings. The molecule has 96 valence electrons. The van der Waals surface area contributed by atoms with Gasteiger partial charge in [0.1, 0.15) is 18.0 Å². The predicted molar refractivity (Wildman–Crippen MR) is 67.7 cm³/mol. The van der Waals surface area contributed by atoms with Gasteiger partial charge in [0.2, 0.25) is 0 Å². The van der Waals surface area contributed by atoms with E-state index in [1.54, 1.807) is 10.9 Å². The van der Waals surface area contributed by atoms with Crippen LogP contribution in [-0.2, 0) is 13.0 Å². The Labute approximate surface area is 105 Å². The molecule has 0 aromatic carbocycles. The summed E-state index contributed by atoms with van der Waals surface area (Å²) in [5.74, 6) is 6.85. The van der Waals surface area contributed by atoms with E-state index < -0.39 is 0 Å². The van der Waals surface area contributed by atoms with E-state index in [0.29, 0.717) is 12.4 Å². The van der Waals surface area contributed by atoms with Crippen LogP contribution in [0.3, 0.4) is 0 Å². The van der Waals surface area contributed by atoms with Gasteiger partial charge in [-0.1, -0.05) is 12.1 Å². The van der Waals surface area contributed by atoms with Gasteiger partial charge in [0.25, 0.3) is 0 Å². The van der Waals surface area contributed by atoms with E-state index in [2.05, 4.69) is 31.0 Å². The lowest BCUT2D eigenvalue weighted by Gasteiger charge is -2.12. The van der Waals surface area contributed by atoms with Crippen LogP contribution in [0.15, 0.2) is 18.7 Å². The zero-order chi connectivity index (χ0) is 12.8. The number of hydrogen-bond acceptors (Lipinski definition) is 7. The van der Waals surface area contributed by atoms with Crippen LogP contribution in [0.2, 0.25) is 0 Å². The molecule has 0 amide bonds. The molecule has 4 N–H and O–H groups in total. The van der Waals surface area contributed by atoms with Crippen molar-refractivity contribution in [3.05, 3.63) is 24.3 Å². The van der Waals surface area contributed by atoms with Crippen LogP contribution < -0.4 is 16.6 Å². The SMILES string of the molecule is CCc1c(NN)ncnc1NCCn1ccnn1. The summed E-state index contributed by atoms with van der Waals surface area (Å²) < 4.78 is 1.75. The Morgan fingerprint density at radius 3 is 2.83 bits per heavy atom. The van der Waals surface area contributed by atoms with Crippen LogP contribution in [0, 0.1) is 0 Å². The number of nitrogen functional groups attached to an aromatic ring is 1. The molecule has 0 aliphatic rings. The van der Waals surface area contributed by atoms with Crippen molar-refractivity contribution in [2.45, 2.75) is 19.9 Å². The smallest absolute Gasteiger partial charge is 0.148 e. The molecule has 8 nitrogen and oxygen atoms in total. The largest absolute Gasteiger partial charge is 0.368 e. The highest BCUT2D eigenvalue weighted by molar-refractivity contribution is 5.56. The molecule has 0 bridgehead atoms. The highest BCUT2D eigenvalue weighted by atomic mass is 15.4. The van der Waals surface area contributed by atoms with Crippen molar-refractivity contribution in [1.29, 1.82) is 0 Å². The van der Waals surface area contributed by atoms with Gasteiger partial charge in [-0.05, 0) is 6.42 Å². The van der Waals surface area contributed by atoms with Crippen LogP contribution in [-0.4, -0.2) is 31.5 Å². The third-order valence-corrected chi connectivity index (χ3v) is 2.54. The minimum Gasteiger partial charge on any atom is -0.368 e.